The van der Waals surface area contributed by atoms with Crippen molar-refractivity contribution in [3.63, 3.8) is 0 Å². The molecule has 2 aromatic rings. The molecule has 1 aromatic carbocycles. The molecular formula is C13H15BrO. The van der Waals surface area contributed by atoms with Crippen molar-refractivity contribution in [1.29, 1.82) is 0 Å². The largest absolute Gasteiger partial charge is 0.461 e. The molecule has 1 nitrogen and oxygen atoms in total. The Morgan fingerprint density at radius 1 is 1.13 bits per heavy atom. The van der Waals surface area contributed by atoms with Crippen LogP contribution in [-0.4, -0.2) is 0 Å². The molecule has 15 heavy (non-hydrogen) atoms. The minimum Gasteiger partial charge on any atom is -0.461 e. The molecule has 1 aromatic heterocycles. The fourth-order valence-corrected chi connectivity index (χ4v) is 2.28. The first-order chi connectivity index (χ1) is 6.88. The minimum atomic E-state index is 0.103. The molecule has 0 N–H and O–H groups in total. The third kappa shape index (κ3) is 1.96. The van der Waals surface area contributed by atoms with Gasteiger partial charge in [0.15, 0.2) is 0 Å². The number of hydrogen-bond acceptors (Lipinski definition) is 1. The van der Waals surface area contributed by atoms with Gasteiger partial charge in [-0.2, -0.15) is 0 Å². The zero-order valence-electron chi connectivity index (χ0n) is 9.52. The van der Waals surface area contributed by atoms with Crippen molar-refractivity contribution < 1.29 is 4.42 Å². The van der Waals surface area contributed by atoms with Gasteiger partial charge in [0.2, 0.25) is 0 Å². The third-order valence-corrected chi connectivity index (χ3v) is 2.97. The maximum atomic E-state index is 5.76. The van der Waals surface area contributed by atoms with Crippen molar-refractivity contribution >= 4 is 26.9 Å². The first kappa shape index (κ1) is 10.7. The van der Waals surface area contributed by atoms with Crippen molar-refractivity contribution in [2.45, 2.75) is 33.1 Å². The van der Waals surface area contributed by atoms with E-state index in [9.17, 15) is 0 Å². The van der Waals surface area contributed by atoms with Crippen LogP contribution in [0, 0.1) is 6.92 Å². The van der Waals surface area contributed by atoms with E-state index in [0.29, 0.717) is 0 Å². The number of rotatable bonds is 0. The first-order valence-corrected chi connectivity index (χ1v) is 5.87. The van der Waals surface area contributed by atoms with Crippen LogP contribution in [-0.2, 0) is 5.41 Å². The minimum absolute atomic E-state index is 0.103. The summed E-state index contributed by atoms with van der Waals surface area (Å²) in [5.74, 6) is 0.966. The van der Waals surface area contributed by atoms with Gasteiger partial charge in [0, 0.05) is 15.4 Å². The van der Waals surface area contributed by atoms with Crippen LogP contribution >= 0.6 is 15.9 Å². The highest BCUT2D eigenvalue weighted by atomic mass is 79.9. The predicted octanol–water partition coefficient (Wildman–Crippen LogP) is 4.80. The molecule has 0 saturated carbocycles. The number of halogens is 1. The van der Waals surface area contributed by atoms with Crippen molar-refractivity contribution in [3.05, 3.63) is 34.0 Å². The molecule has 2 heteroatoms. The molecule has 0 atom stereocenters. The third-order valence-electron chi connectivity index (χ3n) is 2.51. The van der Waals surface area contributed by atoms with E-state index >= 15 is 0 Å². The monoisotopic (exact) mass is 266 g/mol. The predicted molar refractivity (Wildman–Crippen MR) is 67.4 cm³/mol. The average Bonchev–Trinajstić information content (AvgIpc) is 2.41. The first-order valence-electron chi connectivity index (χ1n) is 5.08. The van der Waals surface area contributed by atoms with E-state index in [4.69, 9.17) is 4.42 Å². The van der Waals surface area contributed by atoms with Crippen LogP contribution in [0.3, 0.4) is 0 Å². The Bertz CT molecular complexity index is 503. The van der Waals surface area contributed by atoms with Gasteiger partial charge in [-0.05, 0) is 30.5 Å². The summed E-state index contributed by atoms with van der Waals surface area (Å²) in [7, 11) is 0. The van der Waals surface area contributed by atoms with Gasteiger partial charge in [0.05, 0.1) is 0 Å². The number of benzene rings is 1. The smallest absolute Gasteiger partial charge is 0.138 e. The van der Waals surface area contributed by atoms with Gasteiger partial charge in [0.1, 0.15) is 11.3 Å². The molecule has 0 fully saturated rings. The molecule has 0 aliphatic rings. The summed E-state index contributed by atoms with van der Waals surface area (Å²) in [5, 5.41) is 1.17. The summed E-state index contributed by atoms with van der Waals surface area (Å²) >= 11 is 3.54. The van der Waals surface area contributed by atoms with E-state index in [2.05, 4.69) is 54.9 Å². The highest BCUT2D eigenvalue weighted by molar-refractivity contribution is 9.10. The second-order valence-electron chi connectivity index (χ2n) is 4.98. The summed E-state index contributed by atoms with van der Waals surface area (Å²) < 4.78 is 6.87. The number of furan rings is 1. The molecule has 0 saturated heterocycles. The lowest BCUT2D eigenvalue weighted by molar-refractivity contribution is 0.542. The standard InChI is InChI=1S/C13H15BrO/c1-8-5-9-6-10(14)7-11(12(9)15-8)13(2,3)4/h5-7H,1-4H3. The van der Waals surface area contributed by atoms with Crippen molar-refractivity contribution in [2.24, 2.45) is 0 Å². The zero-order chi connectivity index (χ0) is 11.2. The average molecular weight is 267 g/mol. The van der Waals surface area contributed by atoms with Gasteiger partial charge in [-0.3, -0.25) is 0 Å². The van der Waals surface area contributed by atoms with Crippen LogP contribution in [0.4, 0.5) is 0 Å². The molecule has 0 aliphatic heterocycles. The van der Waals surface area contributed by atoms with Gasteiger partial charge in [0.25, 0.3) is 0 Å². The lowest BCUT2D eigenvalue weighted by Crippen LogP contribution is -2.11. The molecular weight excluding hydrogens is 252 g/mol. The summed E-state index contributed by atoms with van der Waals surface area (Å²) in [4.78, 5) is 0. The Morgan fingerprint density at radius 3 is 2.40 bits per heavy atom. The second-order valence-corrected chi connectivity index (χ2v) is 5.89. The van der Waals surface area contributed by atoms with Crippen LogP contribution in [0.15, 0.2) is 27.1 Å². The van der Waals surface area contributed by atoms with Crippen molar-refractivity contribution in [2.75, 3.05) is 0 Å². The lowest BCUT2D eigenvalue weighted by Gasteiger charge is -2.19. The quantitative estimate of drug-likeness (QED) is 0.668. The molecule has 2 rings (SSSR count). The molecule has 0 amide bonds. The van der Waals surface area contributed by atoms with Crippen molar-refractivity contribution in [3.8, 4) is 0 Å². The van der Waals surface area contributed by atoms with Crippen LogP contribution in [0.1, 0.15) is 32.1 Å². The van der Waals surface area contributed by atoms with Gasteiger partial charge in [-0.15, -0.1) is 0 Å². The summed E-state index contributed by atoms with van der Waals surface area (Å²) in [6, 6.07) is 6.32. The molecule has 1 heterocycles. The fraction of sp³-hybridized carbons (Fsp3) is 0.385. The van der Waals surface area contributed by atoms with E-state index in [1.165, 1.54) is 10.9 Å². The maximum Gasteiger partial charge on any atom is 0.138 e. The zero-order valence-corrected chi connectivity index (χ0v) is 11.1. The Kier molecular flexibility index (Phi) is 2.42. The summed E-state index contributed by atoms with van der Waals surface area (Å²) in [5.41, 5.74) is 2.37. The Balaban J connectivity index is 2.82. The van der Waals surface area contributed by atoms with Crippen LogP contribution in [0.25, 0.3) is 11.0 Å². The lowest BCUT2D eigenvalue weighted by atomic mass is 9.86. The second kappa shape index (κ2) is 3.38. The van der Waals surface area contributed by atoms with Crippen molar-refractivity contribution in [1.82, 2.24) is 0 Å². The Hall–Kier alpha value is -0.760. The highest BCUT2D eigenvalue weighted by Crippen LogP contribution is 2.34. The summed E-state index contributed by atoms with van der Waals surface area (Å²) in [6.45, 7) is 8.59. The molecule has 0 spiro atoms. The Morgan fingerprint density at radius 2 is 1.80 bits per heavy atom. The molecule has 0 bridgehead atoms. The SMILES string of the molecule is Cc1cc2cc(Br)cc(C(C)(C)C)c2o1. The molecule has 0 aliphatic carbocycles. The number of fused-ring (bicyclic) bond motifs is 1. The van der Waals surface area contributed by atoms with E-state index in [-0.39, 0.29) is 5.41 Å². The van der Waals surface area contributed by atoms with Gasteiger partial charge in [-0.25, -0.2) is 0 Å². The highest BCUT2D eigenvalue weighted by Gasteiger charge is 2.20. The summed E-state index contributed by atoms with van der Waals surface area (Å²) in [6.07, 6.45) is 0. The number of hydrogen-bond donors (Lipinski definition) is 0. The fourth-order valence-electron chi connectivity index (χ4n) is 1.80. The van der Waals surface area contributed by atoms with Gasteiger partial charge < -0.3 is 4.42 Å². The van der Waals surface area contributed by atoms with E-state index in [1.807, 2.05) is 6.92 Å². The number of aryl methyl sites for hydroxylation is 1. The Labute approximate surface area is 98.6 Å². The van der Waals surface area contributed by atoms with Crippen LogP contribution in [0.2, 0.25) is 0 Å². The van der Waals surface area contributed by atoms with E-state index in [1.54, 1.807) is 0 Å². The van der Waals surface area contributed by atoms with Crippen LogP contribution < -0.4 is 0 Å². The maximum absolute atomic E-state index is 5.76. The molecule has 0 radical (unpaired) electrons. The van der Waals surface area contributed by atoms with Gasteiger partial charge in [-0.1, -0.05) is 36.7 Å². The van der Waals surface area contributed by atoms with Gasteiger partial charge >= 0.3 is 0 Å². The normalized spacial score (nSPS) is 12.3. The molecule has 80 valence electrons. The van der Waals surface area contributed by atoms with E-state index in [0.717, 1.165) is 15.8 Å². The molecule has 0 unspecified atom stereocenters. The van der Waals surface area contributed by atoms with Crippen LogP contribution in [0.5, 0.6) is 0 Å². The topological polar surface area (TPSA) is 13.1 Å². The van der Waals surface area contributed by atoms with E-state index < -0.39 is 0 Å².